The van der Waals surface area contributed by atoms with Crippen molar-refractivity contribution in [2.24, 2.45) is 0 Å². The third kappa shape index (κ3) is 12.3. The van der Waals surface area contributed by atoms with Crippen molar-refractivity contribution in [1.29, 1.82) is 0 Å². The molecule has 204 valence electrons. The highest BCUT2D eigenvalue weighted by Gasteiger charge is 2.59. The van der Waals surface area contributed by atoms with Crippen LogP contribution in [-0.4, -0.2) is 63.8 Å². The van der Waals surface area contributed by atoms with Crippen LogP contribution in [-0.2, 0) is 28.2 Å². The zero-order valence-corrected chi connectivity index (χ0v) is 14.6. The van der Waals surface area contributed by atoms with Crippen LogP contribution < -0.4 is 0 Å². The fraction of sp³-hybridized carbons (Fsp3) is 1.00. The largest absolute Gasteiger partial charge is 0.658 e. The molecule has 0 aromatic rings. The normalized spacial score (nSPS) is 17.5. The van der Waals surface area contributed by atoms with E-state index in [1.807, 2.05) is 0 Å². The summed E-state index contributed by atoms with van der Waals surface area (Å²) in [6.07, 6.45) is -53.4. The van der Waals surface area contributed by atoms with E-state index in [-0.39, 0.29) is 0 Å². The van der Waals surface area contributed by atoms with Crippen LogP contribution in [0.5, 0.6) is 0 Å². The van der Waals surface area contributed by atoms with Gasteiger partial charge in [0.25, 0.3) is 0 Å². The van der Waals surface area contributed by atoms with Crippen molar-refractivity contribution in [2.45, 2.75) is 56.5 Å². The highest BCUT2D eigenvalue weighted by Crippen LogP contribution is 2.36. The quantitative estimate of drug-likeness (QED) is 0.184. The van der Waals surface area contributed by atoms with Crippen LogP contribution in [0.3, 0.4) is 0 Å². The summed E-state index contributed by atoms with van der Waals surface area (Å²) in [5.74, 6) is 0. The molecule has 0 aromatic heterocycles. The maximum Gasteiger partial charge on any atom is 0.658 e. The minimum atomic E-state index is -6.37. The zero-order valence-electron chi connectivity index (χ0n) is 14.6. The van der Waals surface area contributed by atoms with Crippen molar-refractivity contribution >= 4 is 7.32 Å². The number of hydrogen-bond donors (Lipinski definition) is 0. The minimum absolute atomic E-state index is 2.15. The van der Waals surface area contributed by atoms with E-state index in [4.69, 9.17) is 0 Å². The molecule has 0 radical (unpaired) electrons. The topological polar surface area (TPSA) is 55.4 Å². The van der Waals surface area contributed by atoms with Crippen LogP contribution in [0.4, 0.5) is 79.0 Å². The van der Waals surface area contributed by atoms with Crippen molar-refractivity contribution in [3.05, 3.63) is 0 Å². The van der Waals surface area contributed by atoms with Crippen molar-refractivity contribution < 1.29 is 107 Å². The monoisotopic (exact) mass is 560 g/mol. The Bertz CT molecular complexity index is 549. The van der Waals surface area contributed by atoms with Crippen LogP contribution in [0, 0.1) is 0 Å². The first kappa shape index (κ1) is 32.6. The van der Waals surface area contributed by atoms with Gasteiger partial charge >= 0.3 is 63.8 Å². The Morgan fingerprint density at radius 3 is 0.706 bits per heavy atom. The lowest BCUT2D eigenvalue weighted by Crippen LogP contribution is -2.50. The molecule has 0 aliphatic carbocycles. The van der Waals surface area contributed by atoms with Crippen LogP contribution >= 0.6 is 0 Å². The Morgan fingerprint density at radius 1 is 0.382 bits per heavy atom. The molecule has 0 heterocycles. The van der Waals surface area contributed by atoms with E-state index in [1.165, 1.54) is 0 Å². The van der Waals surface area contributed by atoms with Gasteiger partial charge in [-0.3, -0.25) is 14.2 Å². The molecular formula is C9H3BF18O6. The number of ether oxygens (including phenoxy) is 3. The molecule has 0 bridgehead atoms. The summed E-state index contributed by atoms with van der Waals surface area (Å²) in [6.45, 7) is 0. The van der Waals surface area contributed by atoms with Crippen LogP contribution in [0.25, 0.3) is 0 Å². The highest BCUT2D eigenvalue weighted by molar-refractivity contribution is 6.36. The fourth-order valence-electron chi connectivity index (χ4n) is 1.05. The molecule has 0 aliphatic heterocycles. The molecule has 25 heteroatoms. The lowest BCUT2D eigenvalue weighted by molar-refractivity contribution is -0.467. The van der Waals surface area contributed by atoms with Crippen LogP contribution in [0.1, 0.15) is 0 Å². The van der Waals surface area contributed by atoms with Gasteiger partial charge in [0, 0.05) is 0 Å². The molecular weight excluding hydrogens is 557 g/mol. The number of rotatable bonds is 12. The molecule has 34 heavy (non-hydrogen) atoms. The summed E-state index contributed by atoms with van der Waals surface area (Å²) in [6, 6.07) is 0. The van der Waals surface area contributed by atoms with Crippen molar-refractivity contribution in [3.8, 4) is 0 Å². The van der Waals surface area contributed by atoms with Gasteiger partial charge in [0.15, 0.2) is 0 Å². The second kappa shape index (κ2) is 10.7. The molecule has 0 rings (SSSR count). The van der Waals surface area contributed by atoms with Gasteiger partial charge < -0.3 is 14.0 Å². The summed E-state index contributed by atoms with van der Waals surface area (Å²) in [5.41, 5.74) is 0. The Morgan fingerprint density at radius 2 is 0.559 bits per heavy atom. The molecule has 6 nitrogen and oxygen atoms in total. The maximum absolute atomic E-state index is 13.1. The van der Waals surface area contributed by atoms with Crippen LogP contribution in [0.15, 0.2) is 0 Å². The number of hydrogen-bond acceptors (Lipinski definition) is 6. The highest BCUT2D eigenvalue weighted by atomic mass is 19.4. The van der Waals surface area contributed by atoms with Gasteiger partial charge in [-0.1, -0.05) is 0 Å². The molecule has 3 atom stereocenters. The van der Waals surface area contributed by atoms with Crippen molar-refractivity contribution in [3.63, 3.8) is 0 Å². The Labute approximate surface area is 172 Å². The molecule has 0 spiro atoms. The van der Waals surface area contributed by atoms with Gasteiger partial charge in [-0.2, -0.15) is 39.5 Å². The fourth-order valence-corrected chi connectivity index (χ4v) is 1.05. The van der Waals surface area contributed by atoms with E-state index in [9.17, 15) is 79.0 Å². The second-order valence-corrected chi connectivity index (χ2v) is 4.96. The summed E-state index contributed by atoms with van der Waals surface area (Å²) in [5, 5.41) is 0. The standard InChI is InChI=1S/C9H3BF18O6/c11-1(4(14,15)16)29-7(23,24)32-10(33-8(25,26)30-2(12)5(17,18)19)34-9(27,28)31-3(13)6(20,21)22/h1-3H. The third-order valence-corrected chi connectivity index (χ3v) is 2.19. The molecule has 0 fully saturated rings. The van der Waals surface area contributed by atoms with Crippen LogP contribution in [0.2, 0.25) is 0 Å². The van der Waals surface area contributed by atoms with Gasteiger partial charge in [0.05, 0.1) is 0 Å². The molecule has 0 aromatic carbocycles. The maximum atomic E-state index is 13.1. The van der Waals surface area contributed by atoms with E-state index >= 15 is 0 Å². The number of alkyl halides is 18. The predicted octanol–water partition coefficient (Wildman–Crippen LogP) is 5.30. The lowest BCUT2D eigenvalue weighted by Gasteiger charge is -2.28. The van der Waals surface area contributed by atoms with Gasteiger partial charge in [-0.05, 0) is 0 Å². The average Bonchev–Trinajstić information content (AvgIpc) is 2.48. The average molecular weight is 560 g/mol. The van der Waals surface area contributed by atoms with E-state index in [0.717, 1.165) is 0 Å². The Kier molecular flexibility index (Phi) is 10.2. The summed E-state index contributed by atoms with van der Waals surface area (Å²) < 4.78 is 236. The molecule has 0 amide bonds. The summed E-state index contributed by atoms with van der Waals surface area (Å²) in [7, 11) is -4.94. The van der Waals surface area contributed by atoms with Crippen molar-refractivity contribution in [1.82, 2.24) is 0 Å². The third-order valence-electron chi connectivity index (χ3n) is 2.19. The first-order valence-corrected chi connectivity index (χ1v) is 6.99. The predicted molar refractivity (Wildman–Crippen MR) is 60.0 cm³/mol. The van der Waals surface area contributed by atoms with E-state index in [2.05, 4.69) is 28.2 Å². The molecule has 0 saturated heterocycles. The zero-order chi connectivity index (χ0) is 27.6. The SMILES string of the molecule is FC(OC(F)(F)OB(OC(F)(F)OC(F)C(F)(F)F)OC(F)(F)OC(F)C(F)(F)F)C(F)(F)F. The van der Waals surface area contributed by atoms with Gasteiger partial charge in [-0.15, -0.1) is 26.3 Å². The molecule has 0 aliphatic rings. The molecule has 0 N–H and O–H groups in total. The van der Waals surface area contributed by atoms with E-state index in [1.54, 1.807) is 0 Å². The lowest BCUT2D eigenvalue weighted by atomic mass is 10.2. The minimum Gasteiger partial charge on any atom is -0.301 e. The van der Waals surface area contributed by atoms with Gasteiger partial charge in [0.2, 0.25) is 0 Å². The second-order valence-electron chi connectivity index (χ2n) is 4.96. The Hall–Kier alpha value is -1.44. The van der Waals surface area contributed by atoms with Crippen molar-refractivity contribution in [2.75, 3.05) is 0 Å². The molecule has 3 unspecified atom stereocenters. The first-order chi connectivity index (χ1) is 14.7. The smallest absolute Gasteiger partial charge is 0.301 e. The number of halogens is 18. The van der Waals surface area contributed by atoms with E-state index < -0.39 is 63.8 Å². The van der Waals surface area contributed by atoms with Gasteiger partial charge in [0.1, 0.15) is 0 Å². The van der Waals surface area contributed by atoms with Gasteiger partial charge in [-0.25, -0.2) is 13.2 Å². The summed E-state index contributed by atoms with van der Waals surface area (Å²) >= 11 is 0. The summed E-state index contributed by atoms with van der Waals surface area (Å²) in [4.78, 5) is 0. The van der Waals surface area contributed by atoms with E-state index in [0.29, 0.717) is 0 Å². The Balaban J connectivity index is 5.79. The first-order valence-electron chi connectivity index (χ1n) is 6.99. The molecule has 0 saturated carbocycles.